The summed E-state index contributed by atoms with van der Waals surface area (Å²) in [7, 11) is 0. The van der Waals surface area contributed by atoms with Gasteiger partial charge in [-0.25, -0.2) is 4.79 Å². The van der Waals surface area contributed by atoms with Gasteiger partial charge >= 0.3 is 5.97 Å². The van der Waals surface area contributed by atoms with Crippen molar-refractivity contribution >= 4 is 17.3 Å². The topological polar surface area (TPSA) is 88.6 Å². The van der Waals surface area contributed by atoms with Crippen molar-refractivity contribution in [2.45, 2.75) is 39.5 Å². The Balaban J connectivity index is 2.01. The molecule has 0 radical (unpaired) electrons. The third kappa shape index (κ3) is 4.78. The molecule has 0 spiro atoms. The summed E-state index contributed by atoms with van der Waals surface area (Å²) in [4.78, 5) is 15.0. The molecular weight excluding hydrogens is 402 g/mol. The van der Waals surface area contributed by atoms with Crippen LogP contribution < -0.4 is 10.6 Å². The maximum atomic E-state index is 12.7. The summed E-state index contributed by atoms with van der Waals surface area (Å²) in [5.74, 6) is -0.778. The highest BCUT2D eigenvalue weighted by Crippen LogP contribution is 2.40. The van der Waals surface area contributed by atoms with Gasteiger partial charge in [-0.2, -0.15) is 5.26 Å². The molecule has 2 aromatic carbocycles. The maximum absolute atomic E-state index is 12.7. The second kappa shape index (κ2) is 10.5. The van der Waals surface area contributed by atoms with Crippen molar-refractivity contribution in [3.63, 3.8) is 0 Å². The number of anilines is 2. The highest BCUT2D eigenvalue weighted by Gasteiger charge is 2.36. The number of para-hydroxylation sites is 1. The van der Waals surface area contributed by atoms with Gasteiger partial charge in [-0.15, -0.1) is 0 Å². The summed E-state index contributed by atoms with van der Waals surface area (Å²) in [6.45, 7) is 6.69. The molecule has 0 saturated heterocycles. The van der Waals surface area contributed by atoms with E-state index < -0.39 is 11.9 Å². The Hall–Kier alpha value is -3.72. The largest absolute Gasteiger partial charge is 0.463 e. The van der Waals surface area contributed by atoms with Gasteiger partial charge in [0.15, 0.2) is 0 Å². The van der Waals surface area contributed by atoms with Crippen LogP contribution in [0.1, 0.15) is 45.1 Å². The van der Waals surface area contributed by atoms with Crippen LogP contribution in [0.15, 0.2) is 77.4 Å². The predicted molar refractivity (Wildman–Crippen MR) is 125 cm³/mol. The van der Waals surface area contributed by atoms with Crippen LogP contribution >= 0.6 is 0 Å². The standard InChI is InChI=1S/C26H29N3O3/c1-4-6-16-29(20-10-8-7-9-11-20)21-14-12-19(13-15-21)24-22(17-27)25(28)32-18(3)23(24)26(30)31-5-2/h7-15,24H,4-6,16,28H2,1-3H3. The molecule has 1 atom stereocenters. The van der Waals surface area contributed by atoms with Gasteiger partial charge in [-0.05, 0) is 50.1 Å². The molecule has 2 aromatic rings. The molecule has 0 bridgehead atoms. The quantitative estimate of drug-likeness (QED) is 0.573. The Kier molecular flexibility index (Phi) is 7.56. The highest BCUT2D eigenvalue weighted by atomic mass is 16.5. The van der Waals surface area contributed by atoms with Crippen molar-refractivity contribution in [1.82, 2.24) is 0 Å². The molecule has 0 aromatic heterocycles. The molecule has 166 valence electrons. The lowest BCUT2D eigenvalue weighted by molar-refractivity contribution is -0.139. The number of allylic oxidation sites excluding steroid dienone is 2. The molecule has 3 rings (SSSR count). The zero-order chi connectivity index (χ0) is 23.1. The second-order valence-electron chi connectivity index (χ2n) is 7.55. The molecule has 6 heteroatoms. The van der Waals surface area contributed by atoms with Crippen molar-refractivity contribution in [2.75, 3.05) is 18.1 Å². The number of benzene rings is 2. The van der Waals surface area contributed by atoms with Crippen LogP contribution in [0.25, 0.3) is 0 Å². The number of rotatable bonds is 8. The van der Waals surface area contributed by atoms with Crippen molar-refractivity contribution in [2.24, 2.45) is 5.73 Å². The smallest absolute Gasteiger partial charge is 0.338 e. The van der Waals surface area contributed by atoms with Crippen LogP contribution in [0.4, 0.5) is 11.4 Å². The van der Waals surface area contributed by atoms with Gasteiger partial charge in [-0.1, -0.05) is 43.7 Å². The minimum atomic E-state index is -0.636. The van der Waals surface area contributed by atoms with E-state index in [9.17, 15) is 10.1 Å². The lowest BCUT2D eigenvalue weighted by Gasteiger charge is -2.28. The molecule has 1 heterocycles. The maximum Gasteiger partial charge on any atom is 0.338 e. The molecule has 0 saturated carbocycles. The number of esters is 1. The van der Waals surface area contributed by atoms with E-state index in [1.807, 2.05) is 42.5 Å². The number of unbranched alkanes of at least 4 members (excludes halogenated alkanes) is 1. The van der Waals surface area contributed by atoms with Crippen LogP contribution in [-0.2, 0) is 14.3 Å². The molecule has 1 aliphatic heterocycles. The predicted octanol–water partition coefficient (Wildman–Crippen LogP) is 5.27. The van der Waals surface area contributed by atoms with Crippen LogP contribution in [-0.4, -0.2) is 19.1 Å². The van der Waals surface area contributed by atoms with Crippen LogP contribution in [0.3, 0.4) is 0 Å². The zero-order valence-electron chi connectivity index (χ0n) is 18.8. The number of carbonyl (C=O) groups excluding carboxylic acids is 1. The molecule has 0 aliphatic carbocycles. The third-order valence-electron chi connectivity index (χ3n) is 5.44. The SMILES string of the molecule is CCCCN(c1ccccc1)c1ccc(C2C(C#N)=C(N)OC(C)=C2C(=O)OCC)cc1. The average molecular weight is 432 g/mol. The zero-order valence-corrected chi connectivity index (χ0v) is 18.8. The van der Waals surface area contributed by atoms with E-state index in [-0.39, 0.29) is 18.1 Å². The van der Waals surface area contributed by atoms with Crippen molar-refractivity contribution in [3.05, 3.63) is 82.9 Å². The number of ether oxygens (including phenoxy) is 2. The monoisotopic (exact) mass is 431 g/mol. The fourth-order valence-electron chi connectivity index (χ4n) is 3.87. The molecule has 1 unspecified atom stereocenters. The minimum Gasteiger partial charge on any atom is -0.463 e. The third-order valence-corrected chi connectivity index (χ3v) is 5.44. The van der Waals surface area contributed by atoms with E-state index in [0.717, 1.165) is 36.3 Å². The average Bonchev–Trinajstić information content (AvgIpc) is 2.80. The Morgan fingerprint density at radius 3 is 2.38 bits per heavy atom. The Bertz CT molecular complexity index is 1050. The summed E-state index contributed by atoms with van der Waals surface area (Å²) in [6, 6.07) is 20.2. The summed E-state index contributed by atoms with van der Waals surface area (Å²) in [5, 5.41) is 9.75. The molecular formula is C26H29N3O3. The number of hydrogen-bond donors (Lipinski definition) is 1. The Morgan fingerprint density at radius 1 is 1.12 bits per heavy atom. The summed E-state index contributed by atoms with van der Waals surface area (Å²) in [5.41, 5.74) is 9.43. The normalized spacial score (nSPS) is 15.8. The fourth-order valence-corrected chi connectivity index (χ4v) is 3.87. The molecule has 32 heavy (non-hydrogen) atoms. The van der Waals surface area contributed by atoms with E-state index in [1.54, 1.807) is 13.8 Å². The number of nitriles is 1. The lowest BCUT2D eigenvalue weighted by Crippen LogP contribution is -2.25. The Labute approximate surface area is 189 Å². The van der Waals surface area contributed by atoms with Gasteiger partial charge in [0.2, 0.25) is 5.88 Å². The van der Waals surface area contributed by atoms with E-state index >= 15 is 0 Å². The van der Waals surface area contributed by atoms with Crippen LogP contribution in [0.2, 0.25) is 0 Å². The van der Waals surface area contributed by atoms with E-state index in [1.165, 1.54) is 0 Å². The molecule has 1 aliphatic rings. The first-order valence-corrected chi connectivity index (χ1v) is 10.9. The number of nitrogens with two attached hydrogens (primary N) is 1. The van der Waals surface area contributed by atoms with Crippen molar-refractivity contribution in [1.29, 1.82) is 5.26 Å². The van der Waals surface area contributed by atoms with E-state index in [0.29, 0.717) is 11.3 Å². The minimum absolute atomic E-state index is 0.0148. The molecule has 6 nitrogen and oxygen atoms in total. The first-order chi connectivity index (χ1) is 15.5. The van der Waals surface area contributed by atoms with Gasteiger partial charge < -0.3 is 20.1 Å². The number of nitrogens with zero attached hydrogens (tertiary/aromatic N) is 2. The van der Waals surface area contributed by atoms with E-state index in [2.05, 4.69) is 30.0 Å². The van der Waals surface area contributed by atoms with Crippen LogP contribution in [0.5, 0.6) is 0 Å². The van der Waals surface area contributed by atoms with Crippen LogP contribution in [0, 0.1) is 11.3 Å². The first-order valence-electron chi connectivity index (χ1n) is 10.9. The van der Waals surface area contributed by atoms with Gasteiger partial charge in [0.05, 0.1) is 18.1 Å². The summed E-state index contributed by atoms with van der Waals surface area (Å²) in [6.07, 6.45) is 2.15. The molecule has 0 fully saturated rings. The Morgan fingerprint density at radius 2 is 1.78 bits per heavy atom. The summed E-state index contributed by atoms with van der Waals surface area (Å²) < 4.78 is 10.7. The van der Waals surface area contributed by atoms with E-state index in [4.69, 9.17) is 15.2 Å². The van der Waals surface area contributed by atoms with Gasteiger partial charge in [-0.3, -0.25) is 0 Å². The first kappa shape index (κ1) is 23.0. The number of carbonyl (C=O) groups is 1. The number of hydrogen-bond acceptors (Lipinski definition) is 6. The molecule has 0 amide bonds. The second-order valence-corrected chi connectivity index (χ2v) is 7.55. The van der Waals surface area contributed by atoms with Gasteiger partial charge in [0.25, 0.3) is 0 Å². The van der Waals surface area contributed by atoms with Gasteiger partial charge in [0.1, 0.15) is 17.4 Å². The summed E-state index contributed by atoms with van der Waals surface area (Å²) >= 11 is 0. The van der Waals surface area contributed by atoms with Gasteiger partial charge in [0, 0.05) is 17.9 Å². The lowest BCUT2D eigenvalue weighted by atomic mass is 9.83. The fraction of sp³-hybridized carbons (Fsp3) is 0.308. The van der Waals surface area contributed by atoms with Crippen molar-refractivity contribution in [3.8, 4) is 6.07 Å². The van der Waals surface area contributed by atoms with Crippen molar-refractivity contribution < 1.29 is 14.3 Å². The molecule has 2 N–H and O–H groups in total. The highest BCUT2D eigenvalue weighted by molar-refractivity contribution is 5.92.